The van der Waals surface area contributed by atoms with E-state index in [-0.39, 0.29) is 0 Å². The minimum absolute atomic E-state index is 0.349. The summed E-state index contributed by atoms with van der Waals surface area (Å²) < 4.78 is 5.42. The molecule has 0 amide bonds. The Morgan fingerprint density at radius 3 is 3.24 bits per heavy atom. The molecule has 0 bridgehead atoms. The first kappa shape index (κ1) is 12.4. The van der Waals surface area contributed by atoms with Gasteiger partial charge in [0.25, 0.3) is 0 Å². The van der Waals surface area contributed by atoms with E-state index in [0.29, 0.717) is 16.7 Å². The number of hydrogen-bond donors (Lipinski definition) is 1. The Morgan fingerprint density at radius 1 is 1.71 bits per heavy atom. The molecule has 2 rings (SSSR count). The van der Waals surface area contributed by atoms with Crippen LogP contribution in [0.3, 0.4) is 0 Å². The zero-order chi connectivity index (χ0) is 12.3. The molecule has 92 valence electrons. The number of nitrogens with two attached hydrogens (primary N) is 1. The number of hydrogen-bond acceptors (Lipinski definition) is 4. The van der Waals surface area contributed by atoms with Gasteiger partial charge in [-0.3, -0.25) is 9.88 Å². The average molecular weight is 251 g/mol. The maximum absolute atomic E-state index is 5.58. The van der Waals surface area contributed by atoms with E-state index in [0.717, 1.165) is 26.3 Å². The standard InChI is InChI=1S/C12H17N3OS/c1-9-8-16-5-4-15(9)7-10-2-3-14-11(6-10)12(13)17/h2-3,6,9H,4-5,7-8H2,1H3,(H2,13,17). The molecule has 1 saturated heterocycles. The molecule has 0 spiro atoms. The summed E-state index contributed by atoms with van der Waals surface area (Å²) in [4.78, 5) is 6.88. The number of rotatable bonds is 3. The fourth-order valence-electron chi connectivity index (χ4n) is 1.94. The van der Waals surface area contributed by atoms with E-state index >= 15 is 0 Å². The Hall–Kier alpha value is -1.04. The van der Waals surface area contributed by atoms with Crippen molar-refractivity contribution in [2.75, 3.05) is 19.8 Å². The fourth-order valence-corrected chi connectivity index (χ4v) is 2.05. The van der Waals surface area contributed by atoms with Crippen LogP contribution in [0.4, 0.5) is 0 Å². The molecule has 0 aliphatic carbocycles. The Balaban J connectivity index is 2.07. The fraction of sp³-hybridized carbons (Fsp3) is 0.500. The highest BCUT2D eigenvalue weighted by molar-refractivity contribution is 7.80. The molecule has 1 aromatic heterocycles. The highest BCUT2D eigenvalue weighted by atomic mass is 32.1. The average Bonchev–Trinajstić information content (AvgIpc) is 2.32. The largest absolute Gasteiger partial charge is 0.388 e. The third-order valence-electron chi connectivity index (χ3n) is 2.97. The third-order valence-corrected chi connectivity index (χ3v) is 3.18. The van der Waals surface area contributed by atoms with Gasteiger partial charge >= 0.3 is 0 Å². The Kier molecular flexibility index (Phi) is 4.04. The lowest BCUT2D eigenvalue weighted by atomic mass is 10.1. The smallest absolute Gasteiger partial charge is 0.122 e. The van der Waals surface area contributed by atoms with Crippen molar-refractivity contribution in [2.45, 2.75) is 19.5 Å². The van der Waals surface area contributed by atoms with Crippen LogP contribution in [-0.4, -0.2) is 40.7 Å². The molecule has 0 saturated carbocycles. The lowest BCUT2D eigenvalue weighted by molar-refractivity contribution is -0.00437. The quantitative estimate of drug-likeness (QED) is 0.810. The summed E-state index contributed by atoms with van der Waals surface area (Å²) in [6.07, 6.45) is 1.76. The highest BCUT2D eigenvalue weighted by Gasteiger charge is 2.18. The van der Waals surface area contributed by atoms with E-state index in [2.05, 4.69) is 16.8 Å². The van der Waals surface area contributed by atoms with Crippen molar-refractivity contribution in [1.82, 2.24) is 9.88 Å². The number of morpholine rings is 1. The van der Waals surface area contributed by atoms with E-state index in [1.54, 1.807) is 6.20 Å². The number of nitrogens with zero attached hydrogens (tertiary/aromatic N) is 2. The topological polar surface area (TPSA) is 51.4 Å². The molecule has 2 N–H and O–H groups in total. The van der Waals surface area contributed by atoms with Crippen LogP contribution in [0.1, 0.15) is 18.2 Å². The van der Waals surface area contributed by atoms with Gasteiger partial charge in [-0.2, -0.15) is 0 Å². The molecule has 1 aromatic rings. The van der Waals surface area contributed by atoms with Gasteiger partial charge in [-0.15, -0.1) is 0 Å². The van der Waals surface area contributed by atoms with Crippen LogP contribution < -0.4 is 5.73 Å². The molecule has 1 aliphatic rings. The maximum atomic E-state index is 5.58. The summed E-state index contributed by atoms with van der Waals surface area (Å²) >= 11 is 4.93. The molecule has 5 heteroatoms. The van der Waals surface area contributed by atoms with Gasteiger partial charge in [0.15, 0.2) is 0 Å². The van der Waals surface area contributed by atoms with Gasteiger partial charge in [-0.25, -0.2) is 0 Å². The van der Waals surface area contributed by atoms with E-state index in [9.17, 15) is 0 Å². The van der Waals surface area contributed by atoms with Crippen molar-refractivity contribution >= 4 is 17.2 Å². The summed E-state index contributed by atoms with van der Waals surface area (Å²) in [5, 5.41) is 0. The van der Waals surface area contributed by atoms with E-state index in [4.69, 9.17) is 22.7 Å². The molecule has 0 aromatic carbocycles. The Labute approximate surface area is 107 Å². The number of pyridine rings is 1. The van der Waals surface area contributed by atoms with Crippen LogP contribution in [0.2, 0.25) is 0 Å². The van der Waals surface area contributed by atoms with Crippen LogP contribution in [0.15, 0.2) is 18.3 Å². The number of aromatic nitrogens is 1. The minimum atomic E-state index is 0.349. The zero-order valence-corrected chi connectivity index (χ0v) is 10.7. The second-order valence-electron chi connectivity index (χ2n) is 4.31. The van der Waals surface area contributed by atoms with E-state index in [1.165, 1.54) is 5.56 Å². The summed E-state index contributed by atoms with van der Waals surface area (Å²) in [6.45, 7) is 5.63. The first-order chi connectivity index (χ1) is 8.16. The van der Waals surface area contributed by atoms with Crippen molar-refractivity contribution in [3.05, 3.63) is 29.6 Å². The van der Waals surface area contributed by atoms with Crippen molar-refractivity contribution < 1.29 is 4.74 Å². The molecule has 1 fully saturated rings. The predicted molar refractivity (Wildman–Crippen MR) is 70.8 cm³/mol. The van der Waals surface area contributed by atoms with Crippen molar-refractivity contribution in [1.29, 1.82) is 0 Å². The van der Waals surface area contributed by atoms with Crippen molar-refractivity contribution in [2.24, 2.45) is 5.73 Å². The molecule has 4 nitrogen and oxygen atoms in total. The maximum Gasteiger partial charge on any atom is 0.122 e. The Bertz CT molecular complexity index is 410. The third kappa shape index (κ3) is 3.21. The first-order valence-electron chi connectivity index (χ1n) is 5.73. The normalized spacial score (nSPS) is 21.4. The summed E-state index contributed by atoms with van der Waals surface area (Å²) in [5.74, 6) is 0. The van der Waals surface area contributed by atoms with Crippen LogP contribution in [0.25, 0.3) is 0 Å². The lowest BCUT2D eigenvalue weighted by Crippen LogP contribution is -2.42. The highest BCUT2D eigenvalue weighted by Crippen LogP contribution is 2.12. The number of ether oxygens (including phenoxy) is 1. The van der Waals surface area contributed by atoms with Gasteiger partial charge in [0.1, 0.15) is 4.99 Å². The van der Waals surface area contributed by atoms with Gasteiger partial charge in [-0.1, -0.05) is 12.2 Å². The van der Waals surface area contributed by atoms with Crippen molar-refractivity contribution in [3.63, 3.8) is 0 Å². The van der Waals surface area contributed by atoms with E-state index in [1.807, 2.05) is 12.1 Å². The molecule has 1 aliphatic heterocycles. The number of thiocarbonyl (C=S) groups is 1. The van der Waals surface area contributed by atoms with Gasteiger partial charge < -0.3 is 10.5 Å². The van der Waals surface area contributed by atoms with Crippen LogP contribution in [-0.2, 0) is 11.3 Å². The molecule has 0 radical (unpaired) electrons. The zero-order valence-electron chi connectivity index (χ0n) is 9.93. The summed E-state index contributed by atoms with van der Waals surface area (Å²) in [5.41, 5.74) is 7.46. The van der Waals surface area contributed by atoms with Crippen LogP contribution >= 0.6 is 12.2 Å². The molecular weight excluding hydrogens is 234 g/mol. The summed E-state index contributed by atoms with van der Waals surface area (Å²) in [6, 6.07) is 4.42. The van der Waals surface area contributed by atoms with Crippen LogP contribution in [0, 0.1) is 0 Å². The molecule has 17 heavy (non-hydrogen) atoms. The second kappa shape index (κ2) is 5.53. The van der Waals surface area contributed by atoms with Gasteiger partial charge in [0, 0.05) is 25.3 Å². The second-order valence-corrected chi connectivity index (χ2v) is 4.75. The molecular formula is C12H17N3OS. The van der Waals surface area contributed by atoms with Crippen molar-refractivity contribution in [3.8, 4) is 0 Å². The SMILES string of the molecule is CC1COCCN1Cc1ccnc(C(N)=S)c1. The molecule has 1 unspecified atom stereocenters. The monoisotopic (exact) mass is 251 g/mol. The minimum Gasteiger partial charge on any atom is -0.388 e. The van der Waals surface area contributed by atoms with Gasteiger partial charge in [-0.05, 0) is 24.6 Å². The summed E-state index contributed by atoms with van der Waals surface area (Å²) in [7, 11) is 0. The molecule has 2 heterocycles. The van der Waals surface area contributed by atoms with E-state index < -0.39 is 0 Å². The first-order valence-corrected chi connectivity index (χ1v) is 6.14. The molecule has 1 atom stereocenters. The van der Waals surface area contributed by atoms with Gasteiger partial charge in [0.05, 0.1) is 18.9 Å². The van der Waals surface area contributed by atoms with Gasteiger partial charge in [0.2, 0.25) is 0 Å². The predicted octanol–water partition coefficient (Wildman–Crippen LogP) is 0.936. The Morgan fingerprint density at radius 2 is 2.53 bits per heavy atom. The lowest BCUT2D eigenvalue weighted by Gasteiger charge is -2.33. The van der Waals surface area contributed by atoms with Crippen LogP contribution in [0.5, 0.6) is 0 Å².